The number of hydrogen-bond acceptors (Lipinski definition) is 3. The van der Waals surface area contributed by atoms with Gasteiger partial charge in [-0.15, -0.1) is 0 Å². The lowest BCUT2D eigenvalue weighted by Crippen LogP contribution is -2.13. The van der Waals surface area contributed by atoms with Crippen LogP contribution in [0.25, 0.3) is 0 Å². The van der Waals surface area contributed by atoms with Crippen LogP contribution in [0.15, 0.2) is 57.9 Å². The molecule has 0 saturated heterocycles. The van der Waals surface area contributed by atoms with Crippen LogP contribution >= 0.6 is 15.9 Å². The maximum absolute atomic E-state index is 12.2. The van der Waals surface area contributed by atoms with Gasteiger partial charge in [0.2, 0.25) is 0 Å². The first kappa shape index (κ1) is 14.5. The Balaban J connectivity index is 2.31. The van der Waals surface area contributed by atoms with Gasteiger partial charge < -0.3 is 5.11 Å². The van der Waals surface area contributed by atoms with E-state index in [-0.39, 0.29) is 10.5 Å². The predicted molar refractivity (Wildman–Crippen MR) is 78.4 cm³/mol. The van der Waals surface area contributed by atoms with Gasteiger partial charge in [0.1, 0.15) is 0 Å². The summed E-state index contributed by atoms with van der Waals surface area (Å²) in [5, 5.41) is 8.78. The van der Waals surface area contributed by atoms with Crippen molar-refractivity contribution < 1.29 is 18.3 Å². The molecule has 2 rings (SSSR count). The van der Waals surface area contributed by atoms with Crippen molar-refractivity contribution in [2.24, 2.45) is 0 Å². The van der Waals surface area contributed by atoms with Crippen molar-refractivity contribution in [3.05, 3.63) is 58.6 Å². The Morgan fingerprint density at radius 2 is 1.65 bits per heavy atom. The second-order valence-electron chi connectivity index (χ2n) is 3.91. The van der Waals surface area contributed by atoms with Gasteiger partial charge in [-0.3, -0.25) is 4.72 Å². The molecule has 0 atom stereocenters. The maximum Gasteiger partial charge on any atom is 0.335 e. The summed E-state index contributed by atoms with van der Waals surface area (Å²) in [6, 6.07) is 11.8. The van der Waals surface area contributed by atoms with Crippen molar-refractivity contribution in [2.75, 3.05) is 4.72 Å². The van der Waals surface area contributed by atoms with Crippen LogP contribution in [-0.2, 0) is 10.0 Å². The second-order valence-corrected chi connectivity index (χ2v) is 6.45. The minimum absolute atomic E-state index is 0.00162. The molecule has 0 aromatic heterocycles. The van der Waals surface area contributed by atoms with Crippen LogP contribution < -0.4 is 4.72 Å². The van der Waals surface area contributed by atoms with E-state index in [1.54, 1.807) is 24.3 Å². The monoisotopic (exact) mass is 355 g/mol. The number of para-hydroxylation sites is 1. The number of halogens is 1. The number of aromatic carboxylic acids is 1. The highest BCUT2D eigenvalue weighted by Gasteiger charge is 2.16. The van der Waals surface area contributed by atoms with Gasteiger partial charge in [0.05, 0.1) is 16.1 Å². The largest absolute Gasteiger partial charge is 0.478 e. The molecule has 2 aromatic carbocycles. The van der Waals surface area contributed by atoms with Crippen LogP contribution in [0.2, 0.25) is 0 Å². The topological polar surface area (TPSA) is 83.5 Å². The summed E-state index contributed by atoms with van der Waals surface area (Å²) in [6.07, 6.45) is 0. The Bertz CT molecular complexity index is 741. The van der Waals surface area contributed by atoms with E-state index in [4.69, 9.17) is 5.11 Å². The highest BCUT2D eigenvalue weighted by atomic mass is 79.9. The molecule has 0 amide bonds. The number of carboxylic acids is 1. The number of rotatable bonds is 4. The standard InChI is InChI=1S/C13H10BrNO4S/c14-11-3-1-2-4-12(11)15-20(18,19)10-7-5-9(6-8-10)13(16)17/h1-8,15H,(H,16,17). The van der Waals surface area contributed by atoms with Gasteiger partial charge in [-0.1, -0.05) is 12.1 Å². The molecule has 0 aliphatic carbocycles. The van der Waals surface area contributed by atoms with E-state index in [2.05, 4.69) is 20.7 Å². The van der Waals surface area contributed by atoms with E-state index < -0.39 is 16.0 Å². The number of carboxylic acid groups (broad SMARTS) is 1. The molecule has 5 nitrogen and oxygen atoms in total. The van der Waals surface area contributed by atoms with E-state index in [1.165, 1.54) is 24.3 Å². The molecule has 0 aliphatic rings. The average molecular weight is 356 g/mol. The Hall–Kier alpha value is -1.86. The number of hydrogen-bond donors (Lipinski definition) is 2. The first-order valence-electron chi connectivity index (χ1n) is 5.51. The van der Waals surface area contributed by atoms with Crippen LogP contribution in [0.4, 0.5) is 5.69 Å². The fourth-order valence-electron chi connectivity index (χ4n) is 1.52. The fourth-order valence-corrected chi connectivity index (χ4v) is 3.12. The van der Waals surface area contributed by atoms with Crippen LogP contribution in [-0.4, -0.2) is 19.5 Å². The Kier molecular flexibility index (Phi) is 4.10. The summed E-state index contributed by atoms with van der Waals surface area (Å²) in [6.45, 7) is 0. The second kappa shape index (κ2) is 5.64. The van der Waals surface area contributed by atoms with E-state index >= 15 is 0 Å². The van der Waals surface area contributed by atoms with E-state index in [0.717, 1.165) is 0 Å². The summed E-state index contributed by atoms with van der Waals surface area (Å²) in [4.78, 5) is 10.7. The molecule has 2 N–H and O–H groups in total. The lowest BCUT2D eigenvalue weighted by atomic mass is 10.2. The summed E-state index contributed by atoms with van der Waals surface area (Å²) < 4.78 is 27.4. The molecule has 0 radical (unpaired) electrons. The van der Waals surface area contributed by atoms with Crippen molar-refractivity contribution in [1.29, 1.82) is 0 Å². The SMILES string of the molecule is O=C(O)c1ccc(S(=O)(=O)Nc2ccccc2Br)cc1. The number of sulfonamides is 1. The molecule has 7 heteroatoms. The molecule has 0 spiro atoms. The third-order valence-electron chi connectivity index (χ3n) is 2.53. The number of carbonyl (C=O) groups is 1. The van der Waals surface area contributed by atoms with E-state index in [9.17, 15) is 13.2 Å². The fraction of sp³-hybridized carbons (Fsp3) is 0. The minimum atomic E-state index is -3.75. The zero-order chi connectivity index (χ0) is 14.8. The van der Waals surface area contributed by atoms with E-state index in [1.807, 2.05) is 0 Å². The van der Waals surface area contributed by atoms with Crippen molar-refractivity contribution in [3.8, 4) is 0 Å². The average Bonchev–Trinajstić information content (AvgIpc) is 2.41. The van der Waals surface area contributed by atoms with Gasteiger partial charge in [0, 0.05) is 4.47 Å². The molecular formula is C13H10BrNO4S. The normalized spacial score (nSPS) is 11.1. The number of anilines is 1. The maximum atomic E-state index is 12.2. The Morgan fingerprint density at radius 1 is 1.05 bits per heavy atom. The highest BCUT2D eigenvalue weighted by Crippen LogP contribution is 2.24. The molecular weight excluding hydrogens is 346 g/mol. The van der Waals surface area contributed by atoms with Gasteiger partial charge in [-0.2, -0.15) is 0 Å². The zero-order valence-electron chi connectivity index (χ0n) is 10.1. The van der Waals surface area contributed by atoms with Gasteiger partial charge in [0.15, 0.2) is 0 Å². The summed E-state index contributed by atoms with van der Waals surface area (Å²) in [5.41, 5.74) is 0.444. The third-order valence-corrected chi connectivity index (χ3v) is 4.60. The van der Waals surface area contributed by atoms with Crippen molar-refractivity contribution in [3.63, 3.8) is 0 Å². The lowest BCUT2D eigenvalue weighted by Gasteiger charge is -2.09. The molecule has 0 heterocycles. The third kappa shape index (κ3) is 3.17. The highest BCUT2D eigenvalue weighted by molar-refractivity contribution is 9.10. The van der Waals surface area contributed by atoms with Crippen LogP contribution in [0, 0.1) is 0 Å². The van der Waals surface area contributed by atoms with Gasteiger partial charge in [-0.25, -0.2) is 13.2 Å². The predicted octanol–water partition coefficient (Wildman–Crippen LogP) is 2.95. The van der Waals surface area contributed by atoms with Crippen LogP contribution in [0.3, 0.4) is 0 Å². The summed E-state index contributed by atoms with van der Waals surface area (Å²) in [5.74, 6) is -1.10. The zero-order valence-corrected chi connectivity index (χ0v) is 12.5. The van der Waals surface area contributed by atoms with Crippen LogP contribution in [0.1, 0.15) is 10.4 Å². The van der Waals surface area contributed by atoms with Gasteiger partial charge in [-0.05, 0) is 52.3 Å². The number of benzene rings is 2. The number of nitrogens with one attached hydrogen (secondary N) is 1. The molecule has 0 bridgehead atoms. The van der Waals surface area contributed by atoms with Gasteiger partial charge >= 0.3 is 5.97 Å². The molecule has 104 valence electrons. The summed E-state index contributed by atoms with van der Waals surface area (Å²) in [7, 11) is -3.75. The minimum Gasteiger partial charge on any atom is -0.478 e. The first-order chi connectivity index (χ1) is 9.40. The van der Waals surface area contributed by atoms with Crippen molar-refractivity contribution >= 4 is 37.6 Å². The quantitative estimate of drug-likeness (QED) is 0.882. The Morgan fingerprint density at radius 3 is 2.20 bits per heavy atom. The van der Waals surface area contributed by atoms with E-state index in [0.29, 0.717) is 10.2 Å². The van der Waals surface area contributed by atoms with Crippen molar-refractivity contribution in [2.45, 2.75) is 4.90 Å². The summed E-state index contributed by atoms with van der Waals surface area (Å²) >= 11 is 3.25. The Labute approximate surface area is 124 Å². The smallest absolute Gasteiger partial charge is 0.335 e. The molecule has 0 saturated carbocycles. The molecule has 0 aliphatic heterocycles. The molecule has 2 aromatic rings. The van der Waals surface area contributed by atoms with Gasteiger partial charge in [0.25, 0.3) is 10.0 Å². The molecule has 0 unspecified atom stereocenters. The molecule has 0 fully saturated rings. The lowest BCUT2D eigenvalue weighted by molar-refractivity contribution is 0.0697. The van der Waals surface area contributed by atoms with Crippen LogP contribution in [0.5, 0.6) is 0 Å². The first-order valence-corrected chi connectivity index (χ1v) is 7.78. The van der Waals surface area contributed by atoms with Crippen molar-refractivity contribution in [1.82, 2.24) is 0 Å². The molecule has 20 heavy (non-hydrogen) atoms.